The number of likely N-dealkylation sites (tertiary alicyclic amines) is 1. The average molecular weight is 495 g/mol. The second-order valence-electron chi connectivity index (χ2n) is 11.4. The highest BCUT2D eigenvalue weighted by molar-refractivity contribution is 6.74. The summed E-state index contributed by atoms with van der Waals surface area (Å²) in [6.07, 6.45) is 5.03. The molecular weight excluding hydrogens is 460 g/mol. The number of aromatic nitrogens is 1. The van der Waals surface area contributed by atoms with E-state index < -0.39 is 13.9 Å². The van der Waals surface area contributed by atoms with Crippen LogP contribution in [-0.2, 0) is 15.8 Å². The SMILES string of the molecule is CC(C)(C)[Si](C)(C)O[C@]12C(=O)C=CCC1[C@H](N1CCC1)c1onc(OCc3ccccc3)c1C2=O. The summed E-state index contributed by atoms with van der Waals surface area (Å²) in [5, 5.41) is 4.01. The average Bonchev–Trinajstić information content (AvgIpc) is 3.19. The van der Waals surface area contributed by atoms with Crippen molar-refractivity contribution in [1.29, 1.82) is 0 Å². The van der Waals surface area contributed by atoms with Crippen molar-refractivity contribution in [3.8, 4) is 5.88 Å². The minimum absolute atomic E-state index is 0.137. The highest BCUT2D eigenvalue weighted by atomic mass is 28.4. The van der Waals surface area contributed by atoms with Crippen molar-refractivity contribution in [1.82, 2.24) is 10.1 Å². The van der Waals surface area contributed by atoms with E-state index in [0.717, 1.165) is 25.1 Å². The van der Waals surface area contributed by atoms with Crippen LogP contribution in [-0.4, -0.2) is 48.6 Å². The van der Waals surface area contributed by atoms with Gasteiger partial charge in [-0.05, 0) is 47.8 Å². The van der Waals surface area contributed by atoms with Crippen molar-refractivity contribution in [3.05, 3.63) is 59.4 Å². The lowest BCUT2D eigenvalue weighted by atomic mass is 9.64. The Morgan fingerprint density at radius 1 is 1.17 bits per heavy atom. The summed E-state index contributed by atoms with van der Waals surface area (Å²) >= 11 is 0. The molecule has 5 rings (SSSR count). The number of ether oxygens (including phenoxy) is 1. The first-order valence-electron chi connectivity index (χ1n) is 12.4. The Morgan fingerprint density at radius 2 is 1.89 bits per heavy atom. The third-order valence-electron chi connectivity index (χ3n) is 8.17. The van der Waals surface area contributed by atoms with E-state index in [1.54, 1.807) is 0 Å². The van der Waals surface area contributed by atoms with Gasteiger partial charge in [-0.3, -0.25) is 14.5 Å². The molecule has 1 saturated heterocycles. The molecule has 2 aliphatic carbocycles. The van der Waals surface area contributed by atoms with Gasteiger partial charge in [0.2, 0.25) is 5.78 Å². The van der Waals surface area contributed by atoms with E-state index in [9.17, 15) is 9.59 Å². The number of hydrogen-bond acceptors (Lipinski definition) is 7. The molecule has 186 valence electrons. The Bertz CT molecular complexity index is 1160. The first-order chi connectivity index (χ1) is 16.6. The van der Waals surface area contributed by atoms with Crippen LogP contribution in [0.4, 0.5) is 0 Å². The van der Waals surface area contributed by atoms with E-state index in [1.165, 1.54) is 6.08 Å². The normalized spacial score (nSPS) is 26.8. The molecule has 7 nitrogen and oxygen atoms in total. The van der Waals surface area contributed by atoms with E-state index in [1.807, 2.05) is 36.4 Å². The van der Waals surface area contributed by atoms with Crippen molar-refractivity contribution in [2.75, 3.05) is 13.1 Å². The Morgan fingerprint density at radius 3 is 2.51 bits per heavy atom. The molecule has 3 atom stereocenters. The van der Waals surface area contributed by atoms with Gasteiger partial charge in [0.1, 0.15) is 12.2 Å². The Kier molecular flexibility index (Phi) is 5.89. The zero-order chi connectivity index (χ0) is 25.0. The summed E-state index contributed by atoms with van der Waals surface area (Å²) in [5.74, 6) is -0.393. The molecule has 1 aromatic carbocycles. The number of nitrogens with zero attached hydrogens (tertiary/aromatic N) is 2. The number of rotatable bonds is 6. The van der Waals surface area contributed by atoms with Gasteiger partial charge in [-0.2, -0.15) is 0 Å². The molecule has 0 bridgehead atoms. The van der Waals surface area contributed by atoms with Crippen LogP contribution >= 0.6 is 0 Å². The molecule has 2 heterocycles. The molecule has 8 heteroatoms. The largest absolute Gasteiger partial charge is 0.470 e. The molecule has 35 heavy (non-hydrogen) atoms. The number of Topliss-reactive ketones (excluding diaryl/α,β-unsaturated/α-hetero) is 1. The summed E-state index contributed by atoms with van der Waals surface area (Å²) < 4.78 is 18.7. The fourth-order valence-electron chi connectivity index (χ4n) is 5.08. The molecule has 0 amide bonds. The van der Waals surface area contributed by atoms with Gasteiger partial charge in [0.15, 0.2) is 25.5 Å². The van der Waals surface area contributed by atoms with Crippen molar-refractivity contribution < 1.29 is 23.3 Å². The van der Waals surface area contributed by atoms with Crippen molar-refractivity contribution in [2.24, 2.45) is 5.92 Å². The number of benzene rings is 1. The molecule has 0 spiro atoms. The Labute approximate surface area is 207 Å². The molecule has 3 aliphatic rings. The van der Waals surface area contributed by atoms with Crippen LogP contribution in [0.3, 0.4) is 0 Å². The lowest BCUT2D eigenvalue weighted by Gasteiger charge is -2.53. The second kappa shape index (κ2) is 8.53. The van der Waals surface area contributed by atoms with Gasteiger partial charge < -0.3 is 13.7 Å². The van der Waals surface area contributed by atoms with E-state index >= 15 is 0 Å². The second-order valence-corrected chi connectivity index (χ2v) is 16.1. The summed E-state index contributed by atoms with van der Waals surface area (Å²) in [4.78, 5) is 30.4. The molecule has 2 aromatic rings. The van der Waals surface area contributed by atoms with E-state index in [0.29, 0.717) is 12.2 Å². The molecule has 1 unspecified atom stereocenters. The van der Waals surface area contributed by atoms with E-state index in [2.05, 4.69) is 43.9 Å². The smallest absolute Gasteiger partial charge is 0.265 e. The number of allylic oxidation sites excluding steroid dienone is 1. The molecule has 1 aromatic heterocycles. The van der Waals surface area contributed by atoms with E-state index in [-0.39, 0.29) is 46.6 Å². The first-order valence-corrected chi connectivity index (χ1v) is 15.3. The van der Waals surface area contributed by atoms with Gasteiger partial charge in [0.25, 0.3) is 5.88 Å². The zero-order valence-electron chi connectivity index (χ0n) is 21.2. The highest BCUT2D eigenvalue weighted by Gasteiger charge is 2.65. The number of hydrogen-bond donors (Lipinski definition) is 0. The van der Waals surface area contributed by atoms with Crippen molar-refractivity contribution in [3.63, 3.8) is 0 Å². The summed E-state index contributed by atoms with van der Waals surface area (Å²) in [6.45, 7) is 12.5. The highest BCUT2D eigenvalue weighted by Crippen LogP contribution is 2.54. The lowest BCUT2D eigenvalue weighted by molar-refractivity contribution is -0.137. The standard InChI is InChI=1S/C27H34N2O5Si/c1-26(2,3)35(4,5)34-27-19(13-9-14-20(27)30)22(29-15-10-16-29)23-21(24(27)31)25(28-33-23)32-17-18-11-7-6-8-12-18/h6-9,11-12,14,19,22H,10,13,15-17H2,1-5H3/t19?,22-,27-/m0/s1. The summed E-state index contributed by atoms with van der Waals surface area (Å²) in [6, 6.07) is 9.43. The summed E-state index contributed by atoms with van der Waals surface area (Å²) in [5.41, 5.74) is -0.383. The lowest BCUT2D eigenvalue weighted by Crippen LogP contribution is -2.66. The molecule has 0 saturated carbocycles. The monoisotopic (exact) mass is 494 g/mol. The first kappa shape index (κ1) is 24.2. The summed E-state index contributed by atoms with van der Waals surface area (Å²) in [7, 11) is -2.53. The van der Waals surface area contributed by atoms with Crippen LogP contribution in [0.5, 0.6) is 5.88 Å². The van der Waals surface area contributed by atoms with Crippen LogP contribution in [0, 0.1) is 5.92 Å². The minimum Gasteiger partial charge on any atom is -0.470 e. The fraction of sp³-hybridized carbons (Fsp3) is 0.519. The van der Waals surface area contributed by atoms with Crippen LogP contribution in [0.2, 0.25) is 18.1 Å². The maximum atomic E-state index is 14.4. The quantitative estimate of drug-likeness (QED) is 0.408. The van der Waals surface area contributed by atoms with Crippen LogP contribution in [0.15, 0.2) is 47.0 Å². The molecular formula is C27H34N2O5Si. The van der Waals surface area contributed by atoms with Gasteiger partial charge in [-0.15, -0.1) is 0 Å². The number of ketones is 2. The van der Waals surface area contributed by atoms with E-state index in [4.69, 9.17) is 13.7 Å². The zero-order valence-corrected chi connectivity index (χ0v) is 22.2. The van der Waals surface area contributed by atoms with Crippen molar-refractivity contribution in [2.45, 2.75) is 70.0 Å². The number of carbonyl (C=O) groups excluding carboxylic acids is 2. The third kappa shape index (κ3) is 3.82. The topological polar surface area (TPSA) is 81.9 Å². The van der Waals surface area contributed by atoms with Gasteiger partial charge in [0, 0.05) is 19.0 Å². The number of carbonyl (C=O) groups is 2. The number of fused-ring (bicyclic) bond motifs is 2. The predicted octanol–water partition coefficient (Wildman–Crippen LogP) is 5.10. The van der Waals surface area contributed by atoms with Crippen LogP contribution < -0.4 is 4.74 Å². The molecule has 0 N–H and O–H groups in total. The van der Waals surface area contributed by atoms with Gasteiger partial charge in [0.05, 0.1) is 6.04 Å². The van der Waals surface area contributed by atoms with Gasteiger partial charge in [-0.1, -0.05) is 57.2 Å². The van der Waals surface area contributed by atoms with Gasteiger partial charge in [-0.25, -0.2) is 0 Å². The van der Waals surface area contributed by atoms with Crippen LogP contribution in [0.25, 0.3) is 0 Å². The molecule has 1 fully saturated rings. The minimum atomic E-state index is -2.53. The van der Waals surface area contributed by atoms with Crippen molar-refractivity contribution >= 4 is 19.9 Å². The van der Waals surface area contributed by atoms with Crippen LogP contribution in [0.1, 0.15) is 61.3 Å². The molecule has 1 aliphatic heterocycles. The third-order valence-corrected chi connectivity index (χ3v) is 12.6. The maximum Gasteiger partial charge on any atom is 0.265 e. The fourth-order valence-corrected chi connectivity index (χ4v) is 6.54. The Balaban J connectivity index is 1.62. The maximum absolute atomic E-state index is 14.4. The van der Waals surface area contributed by atoms with Gasteiger partial charge >= 0.3 is 0 Å². The predicted molar refractivity (Wildman–Crippen MR) is 134 cm³/mol. The Hall–Kier alpha value is -2.55. The molecule has 0 radical (unpaired) electrons.